The predicted octanol–water partition coefficient (Wildman–Crippen LogP) is 3.23. The molecule has 1 N–H and O–H groups in total. The highest BCUT2D eigenvalue weighted by molar-refractivity contribution is 5.84. The van der Waals surface area contributed by atoms with Crippen molar-refractivity contribution >= 4 is 10.8 Å². The van der Waals surface area contributed by atoms with Gasteiger partial charge in [0.15, 0.2) is 0 Å². The molecule has 0 aliphatic carbocycles. The molecule has 3 aromatic rings. The number of nitrogens with zero attached hydrogens (tertiary/aromatic N) is 2. The summed E-state index contributed by atoms with van der Waals surface area (Å²) in [7, 11) is 0. The number of hydrogen-bond acceptors (Lipinski definition) is 3. The van der Waals surface area contributed by atoms with Crippen LogP contribution in [0.25, 0.3) is 10.8 Å². The number of fused-ring (bicyclic) bond motifs is 1. The van der Waals surface area contributed by atoms with E-state index in [2.05, 4.69) is 39.6 Å². The average molecular weight is 263 g/mol. The molecule has 0 amide bonds. The summed E-state index contributed by atoms with van der Waals surface area (Å²) in [6.07, 6.45) is 3.74. The molecule has 0 saturated carbocycles. The van der Waals surface area contributed by atoms with Gasteiger partial charge in [0, 0.05) is 36.6 Å². The fraction of sp³-hybridized carbons (Fsp3) is 0.176. The van der Waals surface area contributed by atoms with E-state index in [-0.39, 0.29) is 0 Å². The Balaban J connectivity index is 1.71. The maximum atomic E-state index is 4.49. The van der Waals surface area contributed by atoms with Crippen molar-refractivity contribution < 1.29 is 0 Å². The van der Waals surface area contributed by atoms with E-state index in [4.69, 9.17) is 0 Å². The van der Waals surface area contributed by atoms with Crippen LogP contribution in [0.3, 0.4) is 0 Å². The van der Waals surface area contributed by atoms with E-state index in [1.165, 1.54) is 16.3 Å². The molecule has 3 heteroatoms. The van der Waals surface area contributed by atoms with Gasteiger partial charge in [-0.05, 0) is 36.1 Å². The van der Waals surface area contributed by atoms with E-state index >= 15 is 0 Å². The molecule has 2 aromatic heterocycles. The highest BCUT2D eigenvalue weighted by Gasteiger charge is 2.01. The second kappa shape index (κ2) is 5.80. The Labute approximate surface area is 118 Å². The molecular formula is C17H17N3. The van der Waals surface area contributed by atoms with Gasteiger partial charge < -0.3 is 5.32 Å². The van der Waals surface area contributed by atoms with E-state index in [0.717, 1.165) is 24.5 Å². The van der Waals surface area contributed by atoms with Gasteiger partial charge in [0.2, 0.25) is 0 Å². The van der Waals surface area contributed by atoms with Crippen LogP contribution in [0.5, 0.6) is 0 Å². The highest BCUT2D eigenvalue weighted by Crippen LogP contribution is 2.17. The minimum absolute atomic E-state index is 0.781. The summed E-state index contributed by atoms with van der Waals surface area (Å²) >= 11 is 0. The van der Waals surface area contributed by atoms with Crippen LogP contribution in [-0.4, -0.2) is 9.97 Å². The first-order chi connectivity index (χ1) is 9.83. The number of aromatic nitrogens is 2. The van der Waals surface area contributed by atoms with Crippen molar-refractivity contribution in [3.8, 4) is 0 Å². The van der Waals surface area contributed by atoms with E-state index in [9.17, 15) is 0 Å². The Hall–Kier alpha value is -2.26. The van der Waals surface area contributed by atoms with Crippen LogP contribution < -0.4 is 5.32 Å². The molecule has 3 rings (SSSR count). The Morgan fingerprint density at radius 3 is 2.80 bits per heavy atom. The lowest BCUT2D eigenvalue weighted by atomic mass is 10.1. The molecule has 1 aromatic carbocycles. The topological polar surface area (TPSA) is 37.8 Å². The van der Waals surface area contributed by atoms with Crippen LogP contribution in [0.1, 0.15) is 17.0 Å². The van der Waals surface area contributed by atoms with Crippen LogP contribution in [-0.2, 0) is 13.1 Å². The molecule has 0 atom stereocenters. The molecule has 20 heavy (non-hydrogen) atoms. The second-order valence-electron chi connectivity index (χ2n) is 4.89. The Morgan fingerprint density at radius 2 is 1.90 bits per heavy atom. The first kappa shape index (κ1) is 12.8. The van der Waals surface area contributed by atoms with Gasteiger partial charge in [-0.2, -0.15) is 0 Å². The fourth-order valence-corrected chi connectivity index (χ4v) is 2.37. The van der Waals surface area contributed by atoms with Gasteiger partial charge in [0.1, 0.15) is 0 Å². The van der Waals surface area contributed by atoms with Crippen LogP contribution in [0, 0.1) is 6.92 Å². The summed E-state index contributed by atoms with van der Waals surface area (Å²) in [6.45, 7) is 3.63. The smallest absolute Gasteiger partial charge is 0.0544 e. The predicted molar refractivity (Wildman–Crippen MR) is 81.3 cm³/mol. The van der Waals surface area contributed by atoms with Gasteiger partial charge in [-0.3, -0.25) is 9.97 Å². The van der Waals surface area contributed by atoms with Crippen molar-refractivity contribution in [3.05, 3.63) is 71.8 Å². The quantitative estimate of drug-likeness (QED) is 0.785. The van der Waals surface area contributed by atoms with Crippen LogP contribution in [0.4, 0.5) is 0 Å². The van der Waals surface area contributed by atoms with Crippen molar-refractivity contribution in [1.29, 1.82) is 0 Å². The van der Waals surface area contributed by atoms with E-state index in [1.54, 1.807) is 0 Å². The van der Waals surface area contributed by atoms with Gasteiger partial charge in [-0.1, -0.05) is 24.3 Å². The highest BCUT2D eigenvalue weighted by atomic mass is 14.9. The number of benzene rings is 1. The summed E-state index contributed by atoms with van der Waals surface area (Å²) in [5.41, 5.74) is 3.42. The molecule has 0 aliphatic heterocycles. The number of rotatable bonds is 4. The minimum atomic E-state index is 0.781. The van der Waals surface area contributed by atoms with Crippen molar-refractivity contribution in [2.75, 3.05) is 0 Å². The van der Waals surface area contributed by atoms with Crippen LogP contribution in [0.15, 0.2) is 54.9 Å². The van der Waals surface area contributed by atoms with Gasteiger partial charge in [0.25, 0.3) is 0 Å². The molecule has 0 saturated heterocycles. The van der Waals surface area contributed by atoms with E-state index in [1.807, 2.05) is 37.5 Å². The van der Waals surface area contributed by atoms with Crippen molar-refractivity contribution in [1.82, 2.24) is 15.3 Å². The maximum absolute atomic E-state index is 4.49. The van der Waals surface area contributed by atoms with Crippen molar-refractivity contribution in [3.63, 3.8) is 0 Å². The number of aryl methyl sites for hydroxylation is 1. The third kappa shape index (κ3) is 2.83. The molecule has 0 bridgehead atoms. The average Bonchev–Trinajstić information content (AvgIpc) is 2.48. The van der Waals surface area contributed by atoms with Gasteiger partial charge in [-0.15, -0.1) is 0 Å². The Kier molecular flexibility index (Phi) is 3.70. The second-order valence-corrected chi connectivity index (χ2v) is 4.89. The lowest BCUT2D eigenvalue weighted by molar-refractivity contribution is 0.681. The molecule has 2 heterocycles. The Morgan fingerprint density at radius 1 is 1.00 bits per heavy atom. The largest absolute Gasteiger partial charge is 0.307 e. The van der Waals surface area contributed by atoms with Crippen LogP contribution in [0.2, 0.25) is 0 Å². The number of nitrogens with one attached hydrogen (secondary N) is 1. The maximum Gasteiger partial charge on any atom is 0.0544 e. The van der Waals surface area contributed by atoms with Crippen molar-refractivity contribution in [2.45, 2.75) is 20.0 Å². The zero-order chi connectivity index (χ0) is 13.8. The first-order valence-corrected chi connectivity index (χ1v) is 6.78. The summed E-state index contributed by atoms with van der Waals surface area (Å²) in [6, 6.07) is 14.5. The third-order valence-corrected chi connectivity index (χ3v) is 3.34. The molecule has 0 fully saturated rings. The van der Waals surface area contributed by atoms with Gasteiger partial charge in [0.05, 0.1) is 5.69 Å². The normalized spacial score (nSPS) is 10.8. The van der Waals surface area contributed by atoms with E-state index < -0.39 is 0 Å². The van der Waals surface area contributed by atoms with Crippen LogP contribution >= 0.6 is 0 Å². The SMILES string of the molecule is Cc1cccc(CNCc2cccc3cnccc23)n1. The summed E-state index contributed by atoms with van der Waals surface area (Å²) in [5, 5.41) is 5.89. The molecule has 100 valence electrons. The standard InChI is InChI=1S/C17H17N3/c1-13-4-2-7-16(20-13)12-19-11-15-6-3-5-14-10-18-9-8-17(14)15/h2-10,19H,11-12H2,1H3. The minimum Gasteiger partial charge on any atom is -0.307 e. The lowest BCUT2D eigenvalue weighted by Crippen LogP contribution is -2.14. The summed E-state index contributed by atoms with van der Waals surface area (Å²) < 4.78 is 0. The molecule has 0 unspecified atom stereocenters. The zero-order valence-electron chi connectivity index (χ0n) is 11.5. The monoisotopic (exact) mass is 263 g/mol. The zero-order valence-corrected chi connectivity index (χ0v) is 11.5. The third-order valence-electron chi connectivity index (χ3n) is 3.34. The van der Waals surface area contributed by atoms with Gasteiger partial charge >= 0.3 is 0 Å². The summed E-state index contributed by atoms with van der Waals surface area (Å²) in [5.74, 6) is 0. The molecule has 0 aliphatic rings. The fourth-order valence-electron chi connectivity index (χ4n) is 2.37. The molecular weight excluding hydrogens is 246 g/mol. The number of pyridine rings is 2. The Bertz CT molecular complexity index is 717. The first-order valence-electron chi connectivity index (χ1n) is 6.78. The van der Waals surface area contributed by atoms with E-state index in [0.29, 0.717) is 0 Å². The molecule has 3 nitrogen and oxygen atoms in total. The molecule has 0 radical (unpaired) electrons. The van der Waals surface area contributed by atoms with Crippen molar-refractivity contribution in [2.24, 2.45) is 0 Å². The summed E-state index contributed by atoms with van der Waals surface area (Å²) in [4.78, 5) is 8.66. The number of hydrogen-bond donors (Lipinski definition) is 1. The lowest BCUT2D eigenvalue weighted by Gasteiger charge is -2.08. The van der Waals surface area contributed by atoms with Gasteiger partial charge in [-0.25, -0.2) is 0 Å². The molecule has 0 spiro atoms.